The molecule has 0 aromatic heterocycles. The first kappa shape index (κ1) is 7.93. The van der Waals surface area contributed by atoms with Crippen LogP contribution in [-0.2, 0) is 6.42 Å². The quantitative estimate of drug-likeness (QED) is 0.542. The Morgan fingerprint density at radius 3 is 2.93 bits per heavy atom. The van der Waals surface area contributed by atoms with Gasteiger partial charge < -0.3 is 0 Å². The van der Waals surface area contributed by atoms with Crippen LogP contribution in [0.25, 0.3) is 17.2 Å². The van der Waals surface area contributed by atoms with Crippen molar-refractivity contribution in [3.63, 3.8) is 0 Å². The lowest BCUT2D eigenvalue weighted by atomic mass is 9.98. The standard InChI is InChI=1S/C14H13/c1-9-5-11-3-4-12-6-10(2)8-14(12)13(11)7-9/h3-7H,8H2,1-2H3/q-1. The first-order chi connectivity index (χ1) is 6.74. The van der Waals surface area contributed by atoms with Crippen LogP contribution < -0.4 is 0 Å². The van der Waals surface area contributed by atoms with E-state index in [1.807, 2.05) is 0 Å². The van der Waals surface area contributed by atoms with Crippen LogP contribution in [0.4, 0.5) is 0 Å². The Balaban J connectivity index is 2.31. The van der Waals surface area contributed by atoms with Crippen LogP contribution in [0.1, 0.15) is 23.6 Å². The van der Waals surface area contributed by atoms with Crippen LogP contribution in [0.15, 0.2) is 29.8 Å². The minimum atomic E-state index is 1.14. The molecule has 14 heavy (non-hydrogen) atoms. The van der Waals surface area contributed by atoms with Crippen molar-refractivity contribution in [1.82, 2.24) is 0 Å². The number of fused-ring (bicyclic) bond motifs is 3. The second-order valence-corrected chi connectivity index (χ2v) is 4.34. The van der Waals surface area contributed by atoms with E-state index in [0.29, 0.717) is 0 Å². The van der Waals surface area contributed by atoms with Crippen molar-refractivity contribution in [3.05, 3.63) is 46.5 Å². The summed E-state index contributed by atoms with van der Waals surface area (Å²) in [5.41, 5.74) is 8.63. The molecule has 0 aromatic rings. The fourth-order valence-electron chi connectivity index (χ4n) is 2.44. The Morgan fingerprint density at radius 2 is 2.07 bits per heavy atom. The van der Waals surface area contributed by atoms with Gasteiger partial charge in [0, 0.05) is 0 Å². The Hall–Kier alpha value is -1.43. The third-order valence-corrected chi connectivity index (χ3v) is 3.04. The molecular weight excluding hydrogens is 168 g/mol. The molecule has 0 radical (unpaired) electrons. The summed E-state index contributed by atoms with van der Waals surface area (Å²) in [6.45, 7) is 4.38. The molecule has 0 unspecified atom stereocenters. The van der Waals surface area contributed by atoms with E-state index in [0.717, 1.165) is 6.42 Å². The molecule has 0 bridgehead atoms. The molecule has 0 aliphatic heterocycles. The number of hydrogen-bond acceptors (Lipinski definition) is 0. The van der Waals surface area contributed by atoms with Crippen LogP contribution >= 0.6 is 0 Å². The second kappa shape index (κ2) is 2.54. The zero-order valence-electron chi connectivity index (χ0n) is 8.59. The van der Waals surface area contributed by atoms with Gasteiger partial charge in [-0.05, 0) is 6.92 Å². The Kier molecular flexibility index (Phi) is 1.44. The molecule has 0 heterocycles. The maximum absolute atomic E-state index is 2.31. The van der Waals surface area contributed by atoms with E-state index in [-0.39, 0.29) is 0 Å². The number of rotatable bonds is 0. The van der Waals surface area contributed by atoms with Crippen molar-refractivity contribution in [3.8, 4) is 11.1 Å². The van der Waals surface area contributed by atoms with Crippen LogP contribution in [0.2, 0.25) is 0 Å². The molecule has 0 amide bonds. The lowest BCUT2D eigenvalue weighted by molar-refractivity contribution is 1.20. The summed E-state index contributed by atoms with van der Waals surface area (Å²) >= 11 is 0. The molecule has 0 nitrogen and oxygen atoms in total. The number of aryl methyl sites for hydroxylation is 1. The van der Waals surface area contributed by atoms with Gasteiger partial charge in [-0.3, -0.25) is 0 Å². The van der Waals surface area contributed by atoms with Gasteiger partial charge in [-0.2, -0.15) is 0 Å². The highest BCUT2D eigenvalue weighted by atomic mass is 14.2. The Labute approximate surface area is 84.6 Å². The smallest absolute Gasteiger partial charge is 0.0406 e. The SMILES string of the molecule is CC1=C[c-]2ccc3cc(C)cc-3c2C1. The summed E-state index contributed by atoms with van der Waals surface area (Å²) in [4.78, 5) is 0. The molecule has 0 heteroatoms. The number of hydrogen-bond donors (Lipinski definition) is 0. The van der Waals surface area contributed by atoms with Crippen molar-refractivity contribution in [2.75, 3.05) is 0 Å². The predicted octanol–water partition coefficient (Wildman–Crippen LogP) is 3.78. The Morgan fingerprint density at radius 1 is 1.21 bits per heavy atom. The molecule has 3 aliphatic carbocycles. The van der Waals surface area contributed by atoms with Gasteiger partial charge in [-0.1, -0.05) is 36.6 Å². The zero-order valence-corrected chi connectivity index (χ0v) is 8.59. The van der Waals surface area contributed by atoms with Gasteiger partial charge in [0.2, 0.25) is 0 Å². The van der Waals surface area contributed by atoms with Crippen LogP contribution in [0.3, 0.4) is 0 Å². The highest BCUT2D eigenvalue weighted by Gasteiger charge is 2.09. The summed E-state index contributed by atoms with van der Waals surface area (Å²) in [6.07, 6.45) is 3.44. The fourth-order valence-corrected chi connectivity index (χ4v) is 2.44. The van der Waals surface area contributed by atoms with E-state index in [4.69, 9.17) is 0 Å². The fraction of sp³-hybridized carbons (Fsp3) is 0.214. The maximum Gasteiger partial charge on any atom is -0.0406 e. The van der Waals surface area contributed by atoms with Crippen LogP contribution in [0.5, 0.6) is 0 Å². The molecule has 3 rings (SSSR count). The lowest BCUT2D eigenvalue weighted by Gasteiger charge is -2.14. The molecule has 0 saturated heterocycles. The average Bonchev–Trinajstić information content (AvgIpc) is 2.65. The first-order valence-corrected chi connectivity index (χ1v) is 5.10. The third kappa shape index (κ3) is 0.971. The van der Waals surface area contributed by atoms with E-state index in [9.17, 15) is 0 Å². The maximum atomic E-state index is 2.31. The van der Waals surface area contributed by atoms with Gasteiger partial charge in [0.25, 0.3) is 0 Å². The molecule has 70 valence electrons. The minimum absolute atomic E-state index is 1.14. The molecule has 3 aliphatic rings. The van der Waals surface area contributed by atoms with Crippen LogP contribution in [-0.4, -0.2) is 0 Å². The van der Waals surface area contributed by atoms with Crippen molar-refractivity contribution in [1.29, 1.82) is 0 Å². The van der Waals surface area contributed by atoms with Gasteiger partial charge in [-0.15, -0.1) is 40.5 Å². The number of allylic oxidation sites excluding steroid dienone is 1. The van der Waals surface area contributed by atoms with Crippen LogP contribution in [0, 0.1) is 6.92 Å². The summed E-state index contributed by atoms with van der Waals surface area (Å²) in [5.74, 6) is 0. The Bertz CT molecular complexity index is 497. The normalized spacial score (nSPS) is 14.6. The van der Waals surface area contributed by atoms with Crippen molar-refractivity contribution >= 4 is 6.08 Å². The summed E-state index contributed by atoms with van der Waals surface area (Å²) in [5, 5.41) is 0. The van der Waals surface area contributed by atoms with E-state index in [1.54, 1.807) is 0 Å². The highest BCUT2D eigenvalue weighted by Crippen LogP contribution is 2.37. The molecule has 0 saturated carbocycles. The monoisotopic (exact) mass is 181 g/mol. The van der Waals surface area contributed by atoms with Gasteiger partial charge in [0.15, 0.2) is 0 Å². The largest absolute Gasteiger partial charge is 0.140 e. The summed E-state index contributed by atoms with van der Waals surface area (Å²) in [7, 11) is 0. The minimum Gasteiger partial charge on any atom is -0.140 e. The van der Waals surface area contributed by atoms with Gasteiger partial charge in [0.1, 0.15) is 0 Å². The summed E-state index contributed by atoms with van der Waals surface area (Å²) < 4.78 is 0. The van der Waals surface area contributed by atoms with Gasteiger partial charge in [0.05, 0.1) is 0 Å². The molecular formula is C14H13-. The average molecular weight is 181 g/mol. The van der Waals surface area contributed by atoms with Crippen molar-refractivity contribution in [2.24, 2.45) is 0 Å². The predicted molar refractivity (Wildman–Crippen MR) is 60.7 cm³/mol. The third-order valence-electron chi connectivity index (χ3n) is 3.04. The molecule has 0 spiro atoms. The van der Waals surface area contributed by atoms with E-state index in [1.165, 1.54) is 33.4 Å². The van der Waals surface area contributed by atoms with E-state index < -0.39 is 0 Å². The molecule has 0 aromatic carbocycles. The number of benzene rings is 1. The molecule has 0 fully saturated rings. The lowest BCUT2D eigenvalue weighted by Crippen LogP contribution is -1.87. The van der Waals surface area contributed by atoms with Crippen molar-refractivity contribution < 1.29 is 0 Å². The van der Waals surface area contributed by atoms with Crippen molar-refractivity contribution in [2.45, 2.75) is 20.3 Å². The van der Waals surface area contributed by atoms with E-state index in [2.05, 4.69) is 44.2 Å². The topological polar surface area (TPSA) is 0 Å². The summed E-state index contributed by atoms with van der Waals surface area (Å²) in [6, 6.07) is 9.05. The van der Waals surface area contributed by atoms with Gasteiger partial charge >= 0.3 is 0 Å². The highest BCUT2D eigenvalue weighted by molar-refractivity contribution is 5.80. The van der Waals surface area contributed by atoms with E-state index >= 15 is 0 Å². The first-order valence-electron chi connectivity index (χ1n) is 5.10. The zero-order chi connectivity index (χ0) is 9.71. The van der Waals surface area contributed by atoms with Gasteiger partial charge in [-0.25, -0.2) is 0 Å². The second-order valence-electron chi connectivity index (χ2n) is 4.34. The molecule has 0 N–H and O–H groups in total. The molecule has 0 atom stereocenters.